The normalized spacial score (nSPS) is 17.4. The van der Waals surface area contributed by atoms with Gasteiger partial charge in [0.25, 0.3) is 0 Å². The Labute approximate surface area is 118 Å². The Morgan fingerprint density at radius 3 is 2.74 bits per heavy atom. The molecule has 1 heterocycles. The number of aromatic nitrogens is 1. The molecule has 1 saturated carbocycles. The van der Waals surface area contributed by atoms with Crippen LogP contribution in [0.5, 0.6) is 0 Å². The van der Waals surface area contributed by atoms with Crippen molar-refractivity contribution in [2.45, 2.75) is 39.0 Å². The number of hydrogen-bond donors (Lipinski definition) is 2. The van der Waals surface area contributed by atoms with Gasteiger partial charge in [-0.3, -0.25) is 0 Å². The van der Waals surface area contributed by atoms with E-state index < -0.39 is 5.97 Å². The summed E-state index contributed by atoms with van der Waals surface area (Å²) in [6.07, 6.45) is 6.13. The molecule has 1 aliphatic rings. The zero-order valence-corrected chi connectivity index (χ0v) is 11.8. The monoisotopic (exact) mass is 282 g/mol. The summed E-state index contributed by atoms with van der Waals surface area (Å²) in [4.78, 5) is 15.1. The van der Waals surface area contributed by atoms with Gasteiger partial charge in [-0.2, -0.15) is 0 Å². The Hall–Kier alpha value is -1.29. The fourth-order valence-electron chi connectivity index (χ4n) is 2.77. The van der Waals surface area contributed by atoms with Crippen molar-refractivity contribution in [3.63, 3.8) is 0 Å². The second-order valence-corrected chi connectivity index (χ2v) is 5.67. The van der Waals surface area contributed by atoms with Crippen LogP contribution in [0.25, 0.3) is 0 Å². The van der Waals surface area contributed by atoms with Crippen molar-refractivity contribution in [3.05, 3.63) is 22.8 Å². The number of halogens is 1. The number of anilines is 1. The minimum atomic E-state index is -0.988. The average Bonchev–Trinajstić information content (AvgIpc) is 2.85. The van der Waals surface area contributed by atoms with E-state index in [1.807, 2.05) is 0 Å². The van der Waals surface area contributed by atoms with Crippen molar-refractivity contribution < 1.29 is 9.90 Å². The number of aromatic carboxylic acids is 1. The fourth-order valence-corrected chi connectivity index (χ4v) is 2.98. The summed E-state index contributed by atoms with van der Waals surface area (Å²) in [7, 11) is 0. The Bertz CT molecular complexity index is 471. The first kappa shape index (κ1) is 14.1. The van der Waals surface area contributed by atoms with Crippen LogP contribution in [0.4, 0.5) is 5.82 Å². The summed E-state index contributed by atoms with van der Waals surface area (Å²) < 4.78 is 0. The minimum absolute atomic E-state index is 0.166. The molecule has 19 heavy (non-hydrogen) atoms. The van der Waals surface area contributed by atoms with Gasteiger partial charge in [-0.05, 0) is 36.8 Å². The summed E-state index contributed by atoms with van der Waals surface area (Å²) >= 11 is 5.84. The third kappa shape index (κ3) is 3.38. The van der Waals surface area contributed by atoms with Crippen LogP contribution in [0.1, 0.15) is 49.4 Å². The Morgan fingerprint density at radius 2 is 2.16 bits per heavy atom. The van der Waals surface area contributed by atoms with E-state index in [-0.39, 0.29) is 10.7 Å². The quantitative estimate of drug-likeness (QED) is 0.806. The number of pyridine rings is 1. The lowest BCUT2D eigenvalue weighted by molar-refractivity contribution is 0.0697. The molecular weight excluding hydrogens is 264 g/mol. The third-order valence-electron chi connectivity index (χ3n) is 4.10. The number of carboxylic acid groups (broad SMARTS) is 1. The highest BCUT2D eigenvalue weighted by Gasteiger charge is 2.31. The van der Waals surface area contributed by atoms with E-state index in [0.29, 0.717) is 11.2 Å². The number of nitrogens with zero attached hydrogens (tertiary/aromatic N) is 1. The van der Waals surface area contributed by atoms with Gasteiger partial charge in [-0.15, -0.1) is 0 Å². The number of carboxylic acids is 1. The third-order valence-corrected chi connectivity index (χ3v) is 4.29. The molecule has 0 bridgehead atoms. The first-order chi connectivity index (χ1) is 9.04. The molecule has 0 atom stereocenters. The average molecular weight is 283 g/mol. The zero-order chi connectivity index (χ0) is 13.9. The first-order valence-electron chi connectivity index (χ1n) is 6.69. The van der Waals surface area contributed by atoms with Crippen LogP contribution in [0.2, 0.25) is 5.15 Å². The standard InChI is InChI=1S/C14H19ClN2O2/c1-2-14(5-3-4-6-14)9-16-12-8-10(13(18)19)7-11(15)17-12/h7-8H,2-6,9H2,1H3,(H,16,17)(H,18,19). The van der Waals surface area contributed by atoms with Gasteiger partial charge in [-0.25, -0.2) is 9.78 Å². The van der Waals surface area contributed by atoms with Gasteiger partial charge in [0.2, 0.25) is 0 Å². The van der Waals surface area contributed by atoms with Gasteiger partial charge >= 0.3 is 5.97 Å². The molecule has 1 aromatic rings. The summed E-state index contributed by atoms with van der Waals surface area (Å²) in [5.74, 6) is -0.442. The maximum Gasteiger partial charge on any atom is 0.335 e. The maximum atomic E-state index is 11.0. The van der Waals surface area contributed by atoms with Crippen LogP contribution in [-0.2, 0) is 0 Å². The van der Waals surface area contributed by atoms with Gasteiger partial charge < -0.3 is 10.4 Å². The summed E-state index contributed by atoms with van der Waals surface area (Å²) in [5, 5.41) is 12.5. The van der Waals surface area contributed by atoms with Crippen LogP contribution >= 0.6 is 11.6 Å². The fraction of sp³-hybridized carbons (Fsp3) is 0.571. The van der Waals surface area contributed by atoms with Crippen LogP contribution < -0.4 is 5.32 Å². The van der Waals surface area contributed by atoms with E-state index >= 15 is 0 Å². The lowest BCUT2D eigenvalue weighted by Gasteiger charge is -2.28. The van der Waals surface area contributed by atoms with E-state index in [4.69, 9.17) is 16.7 Å². The zero-order valence-electron chi connectivity index (χ0n) is 11.1. The summed E-state index contributed by atoms with van der Waals surface area (Å²) in [6, 6.07) is 2.90. The maximum absolute atomic E-state index is 11.0. The van der Waals surface area contributed by atoms with Gasteiger partial charge in [0, 0.05) is 6.54 Å². The number of nitrogens with one attached hydrogen (secondary N) is 1. The van der Waals surface area contributed by atoms with Gasteiger partial charge in [-0.1, -0.05) is 31.4 Å². The van der Waals surface area contributed by atoms with Gasteiger partial charge in [0.05, 0.1) is 5.56 Å². The van der Waals surface area contributed by atoms with Crippen LogP contribution in [-0.4, -0.2) is 22.6 Å². The molecule has 0 spiro atoms. The molecule has 1 aliphatic carbocycles. The molecule has 2 N–H and O–H groups in total. The van der Waals surface area contributed by atoms with Crippen LogP contribution in [0.15, 0.2) is 12.1 Å². The molecule has 5 heteroatoms. The predicted molar refractivity (Wildman–Crippen MR) is 75.9 cm³/mol. The van der Waals surface area contributed by atoms with Crippen molar-refractivity contribution in [1.82, 2.24) is 4.98 Å². The second kappa shape index (κ2) is 5.78. The molecule has 0 radical (unpaired) electrons. The van der Waals surface area contributed by atoms with E-state index in [2.05, 4.69) is 17.2 Å². The summed E-state index contributed by atoms with van der Waals surface area (Å²) in [5.41, 5.74) is 0.493. The molecule has 0 saturated heterocycles. The van der Waals surface area contributed by atoms with Crippen molar-refractivity contribution in [1.29, 1.82) is 0 Å². The molecule has 1 aromatic heterocycles. The SMILES string of the molecule is CCC1(CNc2cc(C(=O)O)cc(Cl)n2)CCCC1. The topological polar surface area (TPSA) is 62.2 Å². The number of hydrogen-bond acceptors (Lipinski definition) is 3. The molecular formula is C14H19ClN2O2. The lowest BCUT2D eigenvalue weighted by Crippen LogP contribution is -2.26. The molecule has 0 amide bonds. The number of carbonyl (C=O) groups is 1. The predicted octanol–water partition coefficient (Wildman–Crippen LogP) is 3.82. The smallest absolute Gasteiger partial charge is 0.335 e. The van der Waals surface area contributed by atoms with Crippen molar-refractivity contribution in [2.75, 3.05) is 11.9 Å². The van der Waals surface area contributed by atoms with Crippen molar-refractivity contribution >= 4 is 23.4 Å². The van der Waals surface area contributed by atoms with Crippen LogP contribution in [0, 0.1) is 5.41 Å². The van der Waals surface area contributed by atoms with E-state index in [1.165, 1.54) is 37.8 Å². The molecule has 2 rings (SSSR count). The van der Waals surface area contributed by atoms with E-state index in [0.717, 1.165) is 13.0 Å². The summed E-state index contributed by atoms with van der Waals surface area (Å²) in [6.45, 7) is 3.04. The second-order valence-electron chi connectivity index (χ2n) is 5.28. The minimum Gasteiger partial charge on any atom is -0.478 e. The molecule has 0 aromatic carbocycles. The van der Waals surface area contributed by atoms with Crippen LogP contribution in [0.3, 0.4) is 0 Å². The van der Waals surface area contributed by atoms with Crippen molar-refractivity contribution in [3.8, 4) is 0 Å². The molecule has 0 aliphatic heterocycles. The number of rotatable bonds is 5. The highest BCUT2D eigenvalue weighted by Crippen LogP contribution is 2.40. The Morgan fingerprint density at radius 1 is 1.47 bits per heavy atom. The largest absolute Gasteiger partial charge is 0.478 e. The lowest BCUT2D eigenvalue weighted by atomic mass is 9.83. The molecule has 0 unspecified atom stereocenters. The molecule has 1 fully saturated rings. The Balaban J connectivity index is 2.08. The van der Waals surface area contributed by atoms with Crippen molar-refractivity contribution in [2.24, 2.45) is 5.41 Å². The molecule has 4 nitrogen and oxygen atoms in total. The van der Waals surface area contributed by atoms with Gasteiger partial charge in [0.1, 0.15) is 11.0 Å². The highest BCUT2D eigenvalue weighted by atomic mass is 35.5. The first-order valence-corrected chi connectivity index (χ1v) is 7.07. The Kier molecular flexibility index (Phi) is 4.30. The van der Waals surface area contributed by atoms with Gasteiger partial charge in [0.15, 0.2) is 0 Å². The van der Waals surface area contributed by atoms with E-state index in [1.54, 1.807) is 0 Å². The highest BCUT2D eigenvalue weighted by molar-refractivity contribution is 6.29. The molecule has 104 valence electrons. The van der Waals surface area contributed by atoms with E-state index in [9.17, 15) is 4.79 Å².